The fourth-order valence-electron chi connectivity index (χ4n) is 4.14. The number of carbonyl (C=O) groups is 1. The Labute approximate surface area is 132 Å². The summed E-state index contributed by atoms with van der Waals surface area (Å²) in [5.74, 6) is 1.33. The van der Waals surface area contributed by atoms with Gasteiger partial charge in [0.1, 0.15) is 5.60 Å². The molecule has 2 saturated heterocycles. The molecule has 1 N–H and O–H groups in total. The van der Waals surface area contributed by atoms with Crippen LogP contribution in [0.5, 0.6) is 0 Å². The molecule has 1 saturated carbocycles. The van der Waals surface area contributed by atoms with E-state index in [-0.39, 0.29) is 5.91 Å². The lowest BCUT2D eigenvalue weighted by Gasteiger charge is -2.47. The van der Waals surface area contributed by atoms with Crippen LogP contribution in [0.3, 0.4) is 0 Å². The van der Waals surface area contributed by atoms with Gasteiger partial charge in [-0.15, -0.1) is 0 Å². The van der Waals surface area contributed by atoms with Crippen molar-refractivity contribution in [3.8, 4) is 0 Å². The van der Waals surface area contributed by atoms with Crippen molar-refractivity contribution in [3.05, 3.63) is 0 Å². The Kier molecular flexibility index (Phi) is 4.81. The molecule has 2 aliphatic heterocycles. The van der Waals surface area contributed by atoms with Gasteiger partial charge < -0.3 is 15.0 Å². The van der Waals surface area contributed by atoms with Crippen molar-refractivity contribution in [3.63, 3.8) is 0 Å². The van der Waals surface area contributed by atoms with Gasteiger partial charge in [-0.2, -0.15) is 11.8 Å². The number of thioether (sulfide) groups is 1. The SMILES string of the molecule is COC1(C(=O)N2CCSC3(CCCCC3)C2)CCNCC1. The zero-order valence-corrected chi connectivity index (χ0v) is 14.0. The number of hydrogen-bond donors (Lipinski definition) is 1. The minimum atomic E-state index is -0.566. The molecule has 120 valence electrons. The summed E-state index contributed by atoms with van der Waals surface area (Å²) in [5, 5.41) is 3.33. The van der Waals surface area contributed by atoms with Crippen LogP contribution in [-0.4, -0.2) is 60.2 Å². The van der Waals surface area contributed by atoms with E-state index in [1.54, 1.807) is 7.11 Å². The minimum Gasteiger partial charge on any atom is -0.368 e. The lowest BCUT2D eigenvalue weighted by molar-refractivity contribution is -0.158. The maximum atomic E-state index is 13.1. The average Bonchev–Trinajstić information content (AvgIpc) is 2.55. The average molecular weight is 312 g/mol. The van der Waals surface area contributed by atoms with E-state index in [0.29, 0.717) is 4.75 Å². The molecule has 0 atom stereocenters. The largest absolute Gasteiger partial charge is 0.368 e. The molecule has 1 spiro atoms. The van der Waals surface area contributed by atoms with Crippen LogP contribution in [0.4, 0.5) is 0 Å². The fourth-order valence-corrected chi connectivity index (χ4v) is 5.71. The molecular formula is C16H28N2O2S. The van der Waals surface area contributed by atoms with E-state index in [2.05, 4.69) is 22.0 Å². The highest BCUT2D eigenvalue weighted by Gasteiger charge is 2.46. The minimum absolute atomic E-state index is 0.247. The third-order valence-corrected chi connectivity index (χ3v) is 7.03. The molecule has 3 rings (SSSR count). The number of ether oxygens (including phenoxy) is 1. The van der Waals surface area contributed by atoms with Crippen molar-refractivity contribution in [2.75, 3.05) is 39.0 Å². The second kappa shape index (κ2) is 6.47. The zero-order valence-electron chi connectivity index (χ0n) is 13.2. The van der Waals surface area contributed by atoms with E-state index < -0.39 is 5.60 Å². The molecule has 0 radical (unpaired) electrons. The van der Waals surface area contributed by atoms with Crippen LogP contribution in [0.2, 0.25) is 0 Å². The normalized spacial score (nSPS) is 28.5. The van der Waals surface area contributed by atoms with E-state index in [9.17, 15) is 4.79 Å². The molecule has 0 bridgehead atoms. The van der Waals surface area contributed by atoms with Crippen LogP contribution in [-0.2, 0) is 9.53 Å². The van der Waals surface area contributed by atoms with E-state index in [4.69, 9.17) is 4.74 Å². The number of nitrogens with zero attached hydrogens (tertiary/aromatic N) is 1. The third-order valence-electron chi connectivity index (χ3n) is 5.49. The van der Waals surface area contributed by atoms with Crippen LogP contribution in [0.15, 0.2) is 0 Å². The van der Waals surface area contributed by atoms with E-state index in [1.165, 1.54) is 32.1 Å². The van der Waals surface area contributed by atoms with Crippen molar-refractivity contribution in [2.24, 2.45) is 0 Å². The summed E-state index contributed by atoms with van der Waals surface area (Å²) >= 11 is 2.11. The van der Waals surface area contributed by atoms with Crippen molar-refractivity contribution in [1.82, 2.24) is 10.2 Å². The first-order valence-electron chi connectivity index (χ1n) is 8.39. The predicted octanol–water partition coefficient (Wildman–Crippen LogP) is 2.03. The van der Waals surface area contributed by atoms with Gasteiger partial charge in [0.25, 0.3) is 5.91 Å². The summed E-state index contributed by atoms with van der Waals surface area (Å²) in [7, 11) is 1.71. The molecule has 0 aromatic heterocycles. The third kappa shape index (κ3) is 3.10. The fraction of sp³-hybridized carbons (Fsp3) is 0.938. The van der Waals surface area contributed by atoms with Crippen molar-refractivity contribution >= 4 is 17.7 Å². The molecule has 1 aliphatic carbocycles. The summed E-state index contributed by atoms with van der Waals surface area (Å²) < 4.78 is 6.07. The Morgan fingerprint density at radius 3 is 2.52 bits per heavy atom. The maximum absolute atomic E-state index is 13.1. The topological polar surface area (TPSA) is 41.6 Å². The maximum Gasteiger partial charge on any atom is 0.254 e. The Bertz CT molecular complexity index is 371. The van der Waals surface area contributed by atoms with Crippen LogP contribution < -0.4 is 5.32 Å². The van der Waals surface area contributed by atoms with Crippen LogP contribution in [0.25, 0.3) is 0 Å². The van der Waals surface area contributed by atoms with Gasteiger partial charge in [-0.25, -0.2) is 0 Å². The number of methoxy groups -OCH3 is 1. The van der Waals surface area contributed by atoms with Crippen LogP contribution in [0.1, 0.15) is 44.9 Å². The van der Waals surface area contributed by atoms with Gasteiger partial charge in [0, 0.05) is 30.7 Å². The second-order valence-corrected chi connectivity index (χ2v) is 8.33. The number of rotatable bonds is 2. The van der Waals surface area contributed by atoms with Crippen molar-refractivity contribution in [1.29, 1.82) is 0 Å². The van der Waals surface area contributed by atoms with E-state index >= 15 is 0 Å². The summed E-state index contributed by atoms with van der Waals surface area (Å²) in [6.07, 6.45) is 8.19. The lowest BCUT2D eigenvalue weighted by Crippen LogP contribution is -2.59. The zero-order chi connectivity index (χ0) is 14.8. The lowest BCUT2D eigenvalue weighted by atomic mass is 9.86. The Hall–Kier alpha value is -0.260. The molecule has 0 unspecified atom stereocenters. The predicted molar refractivity (Wildman–Crippen MR) is 86.7 cm³/mol. The van der Waals surface area contributed by atoms with Crippen LogP contribution >= 0.6 is 11.8 Å². The molecule has 1 amide bonds. The number of hydrogen-bond acceptors (Lipinski definition) is 4. The smallest absolute Gasteiger partial charge is 0.254 e. The number of amides is 1. The molecule has 21 heavy (non-hydrogen) atoms. The van der Waals surface area contributed by atoms with Gasteiger partial charge in [0.15, 0.2) is 0 Å². The standard InChI is InChI=1S/C16H28N2O2S/c1-20-16(7-9-17-10-8-16)14(19)18-11-12-21-15(13-18)5-3-2-4-6-15/h17H,2-13H2,1H3. The molecule has 2 heterocycles. The highest BCUT2D eigenvalue weighted by atomic mass is 32.2. The van der Waals surface area contributed by atoms with E-state index in [0.717, 1.165) is 44.8 Å². The summed E-state index contributed by atoms with van der Waals surface area (Å²) in [6.45, 7) is 3.60. The van der Waals surface area contributed by atoms with Gasteiger partial charge in [-0.3, -0.25) is 4.79 Å². The Morgan fingerprint density at radius 1 is 1.14 bits per heavy atom. The molecule has 5 heteroatoms. The molecule has 0 aromatic rings. The monoisotopic (exact) mass is 312 g/mol. The molecule has 4 nitrogen and oxygen atoms in total. The van der Waals surface area contributed by atoms with Crippen molar-refractivity contribution in [2.45, 2.75) is 55.3 Å². The first kappa shape index (κ1) is 15.6. The van der Waals surface area contributed by atoms with Crippen LogP contribution in [0, 0.1) is 0 Å². The summed E-state index contributed by atoms with van der Waals surface area (Å²) in [5.41, 5.74) is -0.566. The number of nitrogens with one attached hydrogen (secondary N) is 1. The Morgan fingerprint density at radius 2 is 1.86 bits per heavy atom. The number of carbonyl (C=O) groups excluding carboxylic acids is 1. The quantitative estimate of drug-likeness (QED) is 0.847. The van der Waals surface area contributed by atoms with Gasteiger partial charge in [0.2, 0.25) is 0 Å². The van der Waals surface area contributed by atoms with Gasteiger partial charge in [-0.05, 0) is 38.8 Å². The highest BCUT2D eigenvalue weighted by molar-refractivity contribution is 8.00. The summed E-state index contributed by atoms with van der Waals surface area (Å²) in [4.78, 5) is 15.2. The van der Waals surface area contributed by atoms with Gasteiger partial charge >= 0.3 is 0 Å². The molecule has 3 aliphatic rings. The van der Waals surface area contributed by atoms with Gasteiger partial charge in [0.05, 0.1) is 0 Å². The van der Waals surface area contributed by atoms with E-state index in [1.807, 2.05) is 0 Å². The number of piperidine rings is 1. The Balaban J connectivity index is 1.71. The first-order valence-corrected chi connectivity index (χ1v) is 9.38. The van der Waals surface area contributed by atoms with Crippen molar-refractivity contribution < 1.29 is 9.53 Å². The highest BCUT2D eigenvalue weighted by Crippen LogP contribution is 2.43. The summed E-state index contributed by atoms with van der Waals surface area (Å²) in [6, 6.07) is 0. The molecule has 3 fully saturated rings. The second-order valence-electron chi connectivity index (χ2n) is 6.77. The first-order chi connectivity index (χ1) is 10.2. The van der Waals surface area contributed by atoms with Gasteiger partial charge in [-0.1, -0.05) is 19.3 Å². The molecule has 0 aromatic carbocycles. The molecular weight excluding hydrogens is 284 g/mol.